The smallest absolute Gasteiger partial charge is 0.227 e. The standard InChI is InChI=1S/C14H23N5O/c15-2-4-18-5-7-19(8-6-18)14(20)10-12-1-3-17-13(9-12)11-16/h1,3,9H,2,4-8,10-11,15-16H2. The van der Waals surface area contributed by atoms with Gasteiger partial charge in [0.25, 0.3) is 0 Å². The Bertz CT molecular complexity index is 443. The summed E-state index contributed by atoms with van der Waals surface area (Å²) < 4.78 is 0. The summed E-state index contributed by atoms with van der Waals surface area (Å²) in [7, 11) is 0. The molecule has 1 saturated heterocycles. The van der Waals surface area contributed by atoms with Gasteiger partial charge in [0.1, 0.15) is 0 Å². The first-order valence-corrected chi connectivity index (χ1v) is 7.07. The number of pyridine rings is 1. The molecule has 6 heteroatoms. The molecule has 2 heterocycles. The minimum Gasteiger partial charge on any atom is -0.340 e. The molecule has 1 aromatic rings. The molecule has 0 saturated carbocycles. The van der Waals surface area contributed by atoms with Gasteiger partial charge in [0, 0.05) is 52.0 Å². The minimum atomic E-state index is 0.173. The summed E-state index contributed by atoms with van der Waals surface area (Å²) in [6, 6.07) is 3.78. The van der Waals surface area contributed by atoms with Crippen LogP contribution in [0.25, 0.3) is 0 Å². The average Bonchev–Trinajstić information content (AvgIpc) is 2.48. The number of carbonyl (C=O) groups excluding carboxylic acids is 1. The van der Waals surface area contributed by atoms with Crippen LogP contribution in [-0.4, -0.2) is 60.0 Å². The maximum absolute atomic E-state index is 12.3. The number of nitrogens with two attached hydrogens (primary N) is 2. The third-order valence-electron chi connectivity index (χ3n) is 3.62. The van der Waals surface area contributed by atoms with Crippen molar-refractivity contribution < 1.29 is 4.79 Å². The van der Waals surface area contributed by atoms with Crippen molar-refractivity contribution in [2.75, 3.05) is 39.3 Å². The predicted molar refractivity (Wildman–Crippen MR) is 77.9 cm³/mol. The number of rotatable bonds is 5. The molecule has 6 nitrogen and oxygen atoms in total. The van der Waals surface area contributed by atoms with E-state index < -0.39 is 0 Å². The number of aromatic nitrogens is 1. The Labute approximate surface area is 119 Å². The molecule has 1 aliphatic heterocycles. The van der Waals surface area contributed by atoms with Crippen molar-refractivity contribution in [1.82, 2.24) is 14.8 Å². The Hall–Kier alpha value is -1.50. The van der Waals surface area contributed by atoms with E-state index in [1.807, 2.05) is 17.0 Å². The Morgan fingerprint density at radius 1 is 1.25 bits per heavy atom. The first-order valence-electron chi connectivity index (χ1n) is 7.07. The SMILES string of the molecule is NCCN1CCN(C(=O)Cc2ccnc(CN)c2)CC1. The number of carbonyl (C=O) groups is 1. The van der Waals surface area contributed by atoms with Crippen LogP contribution in [0.5, 0.6) is 0 Å². The van der Waals surface area contributed by atoms with Crippen LogP contribution >= 0.6 is 0 Å². The van der Waals surface area contributed by atoms with Crippen molar-refractivity contribution in [3.05, 3.63) is 29.6 Å². The molecule has 0 spiro atoms. The molecule has 1 amide bonds. The molecule has 0 bridgehead atoms. The molecule has 0 unspecified atom stereocenters. The molecule has 0 aliphatic carbocycles. The summed E-state index contributed by atoms with van der Waals surface area (Å²) in [4.78, 5) is 20.6. The van der Waals surface area contributed by atoms with E-state index in [2.05, 4.69) is 9.88 Å². The number of hydrogen-bond donors (Lipinski definition) is 2. The van der Waals surface area contributed by atoms with Crippen LogP contribution in [0, 0.1) is 0 Å². The van der Waals surface area contributed by atoms with Crippen LogP contribution < -0.4 is 11.5 Å². The van der Waals surface area contributed by atoms with Crippen LogP contribution in [0.4, 0.5) is 0 Å². The number of nitrogens with zero attached hydrogens (tertiary/aromatic N) is 3. The molecule has 2 rings (SSSR count). The number of piperazine rings is 1. The second-order valence-corrected chi connectivity index (χ2v) is 5.05. The molecule has 1 fully saturated rings. The van der Waals surface area contributed by atoms with Crippen LogP contribution in [0.1, 0.15) is 11.3 Å². The summed E-state index contributed by atoms with van der Waals surface area (Å²) in [6.07, 6.45) is 2.14. The average molecular weight is 277 g/mol. The van der Waals surface area contributed by atoms with Gasteiger partial charge in [-0.3, -0.25) is 14.7 Å². The van der Waals surface area contributed by atoms with E-state index in [1.165, 1.54) is 0 Å². The molecule has 110 valence electrons. The fourth-order valence-corrected chi connectivity index (χ4v) is 2.44. The van der Waals surface area contributed by atoms with E-state index in [0.29, 0.717) is 19.5 Å². The van der Waals surface area contributed by atoms with Crippen molar-refractivity contribution in [2.45, 2.75) is 13.0 Å². The van der Waals surface area contributed by atoms with Gasteiger partial charge < -0.3 is 16.4 Å². The quantitative estimate of drug-likeness (QED) is 0.734. The van der Waals surface area contributed by atoms with E-state index in [9.17, 15) is 4.79 Å². The molecule has 4 N–H and O–H groups in total. The van der Waals surface area contributed by atoms with E-state index >= 15 is 0 Å². The van der Waals surface area contributed by atoms with Crippen LogP contribution in [0.15, 0.2) is 18.3 Å². The highest BCUT2D eigenvalue weighted by molar-refractivity contribution is 5.78. The van der Waals surface area contributed by atoms with Gasteiger partial charge in [-0.05, 0) is 17.7 Å². The lowest BCUT2D eigenvalue weighted by Gasteiger charge is -2.34. The van der Waals surface area contributed by atoms with Crippen molar-refractivity contribution in [3.8, 4) is 0 Å². The molecule has 0 atom stereocenters. The van der Waals surface area contributed by atoms with Crippen LogP contribution in [0.2, 0.25) is 0 Å². The largest absolute Gasteiger partial charge is 0.340 e. The zero-order valence-electron chi connectivity index (χ0n) is 11.8. The lowest BCUT2D eigenvalue weighted by Crippen LogP contribution is -2.50. The Morgan fingerprint density at radius 3 is 2.65 bits per heavy atom. The predicted octanol–water partition coefficient (Wildman–Crippen LogP) is -0.814. The normalized spacial score (nSPS) is 16.4. The fraction of sp³-hybridized carbons (Fsp3) is 0.571. The molecule has 20 heavy (non-hydrogen) atoms. The Kier molecular flexibility index (Phi) is 5.46. The molecule has 1 aliphatic rings. The summed E-state index contributed by atoms with van der Waals surface area (Å²) in [5.74, 6) is 0.173. The van der Waals surface area contributed by atoms with Crippen LogP contribution in [0.3, 0.4) is 0 Å². The zero-order valence-corrected chi connectivity index (χ0v) is 11.8. The highest BCUT2D eigenvalue weighted by Crippen LogP contribution is 2.07. The van der Waals surface area contributed by atoms with E-state index in [1.54, 1.807) is 6.20 Å². The van der Waals surface area contributed by atoms with Gasteiger partial charge in [-0.2, -0.15) is 0 Å². The molecule has 0 aromatic carbocycles. The molecule has 1 aromatic heterocycles. The molecule has 0 radical (unpaired) electrons. The van der Waals surface area contributed by atoms with Crippen molar-refractivity contribution in [2.24, 2.45) is 11.5 Å². The summed E-state index contributed by atoms with van der Waals surface area (Å²) >= 11 is 0. The zero-order chi connectivity index (χ0) is 14.4. The highest BCUT2D eigenvalue weighted by atomic mass is 16.2. The van der Waals surface area contributed by atoms with Crippen molar-refractivity contribution in [3.63, 3.8) is 0 Å². The summed E-state index contributed by atoms with van der Waals surface area (Å²) in [5, 5.41) is 0. The van der Waals surface area contributed by atoms with E-state index in [-0.39, 0.29) is 5.91 Å². The van der Waals surface area contributed by atoms with Gasteiger partial charge in [0.05, 0.1) is 12.1 Å². The monoisotopic (exact) mass is 277 g/mol. The van der Waals surface area contributed by atoms with Crippen molar-refractivity contribution >= 4 is 5.91 Å². The number of hydrogen-bond acceptors (Lipinski definition) is 5. The Morgan fingerprint density at radius 2 is 2.00 bits per heavy atom. The maximum atomic E-state index is 12.3. The van der Waals surface area contributed by atoms with Gasteiger partial charge in [0.15, 0.2) is 0 Å². The maximum Gasteiger partial charge on any atom is 0.227 e. The number of amides is 1. The van der Waals surface area contributed by atoms with Crippen LogP contribution in [-0.2, 0) is 17.8 Å². The summed E-state index contributed by atoms with van der Waals surface area (Å²) in [5.41, 5.74) is 12.9. The molecular weight excluding hydrogens is 254 g/mol. The van der Waals surface area contributed by atoms with Crippen molar-refractivity contribution in [1.29, 1.82) is 0 Å². The lowest BCUT2D eigenvalue weighted by molar-refractivity contribution is -0.132. The fourth-order valence-electron chi connectivity index (χ4n) is 2.44. The third kappa shape index (κ3) is 4.00. The molecular formula is C14H23N5O. The van der Waals surface area contributed by atoms with Gasteiger partial charge in [-0.15, -0.1) is 0 Å². The topological polar surface area (TPSA) is 88.5 Å². The highest BCUT2D eigenvalue weighted by Gasteiger charge is 2.20. The second kappa shape index (κ2) is 7.33. The van der Waals surface area contributed by atoms with Gasteiger partial charge in [-0.1, -0.05) is 0 Å². The first kappa shape index (κ1) is 14.9. The van der Waals surface area contributed by atoms with E-state index in [4.69, 9.17) is 11.5 Å². The summed E-state index contributed by atoms with van der Waals surface area (Å²) in [6.45, 7) is 5.38. The van der Waals surface area contributed by atoms with E-state index in [0.717, 1.165) is 44.0 Å². The van der Waals surface area contributed by atoms with Gasteiger partial charge in [0.2, 0.25) is 5.91 Å². The Balaban J connectivity index is 1.86. The van der Waals surface area contributed by atoms with Gasteiger partial charge in [-0.25, -0.2) is 0 Å². The second-order valence-electron chi connectivity index (χ2n) is 5.05. The van der Waals surface area contributed by atoms with Gasteiger partial charge >= 0.3 is 0 Å². The lowest BCUT2D eigenvalue weighted by atomic mass is 10.1. The first-order chi connectivity index (χ1) is 9.72. The third-order valence-corrected chi connectivity index (χ3v) is 3.62. The minimum absolute atomic E-state index is 0.173.